The van der Waals surface area contributed by atoms with E-state index in [1.54, 1.807) is 0 Å². The monoisotopic (exact) mass is 314 g/mol. The zero-order valence-electron chi connectivity index (χ0n) is 12.0. The number of carbonyl (C=O) groups is 2. The summed E-state index contributed by atoms with van der Waals surface area (Å²) < 4.78 is 0. The normalized spacial score (nSPS) is 20.6. The van der Waals surface area contributed by atoms with Crippen molar-refractivity contribution in [1.29, 1.82) is 0 Å². The molecule has 0 saturated carbocycles. The first-order valence-electron chi connectivity index (χ1n) is 7.07. The molecule has 0 aromatic heterocycles. The Labute approximate surface area is 128 Å². The van der Waals surface area contributed by atoms with Gasteiger partial charge in [0.2, 0.25) is 5.91 Å². The molecule has 118 valence electrons. The Hall–Kier alpha value is -1.60. The predicted molar refractivity (Wildman–Crippen MR) is 82.9 cm³/mol. The van der Waals surface area contributed by atoms with E-state index in [4.69, 9.17) is 11.3 Å². The van der Waals surface area contributed by atoms with E-state index in [1.165, 1.54) is 0 Å². The number of carbonyl (C=O) groups excluding carboxylic acids is 2. The lowest BCUT2D eigenvalue weighted by Gasteiger charge is -2.10. The Balaban J connectivity index is 2.00. The smallest absolute Gasteiger partial charge is 0.312 e. The van der Waals surface area contributed by atoms with E-state index >= 15 is 0 Å². The number of thioether (sulfide) groups is 1. The van der Waals surface area contributed by atoms with Crippen LogP contribution in [-0.2, 0) is 4.79 Å². The van der Waals surface area contributed by atoms with Crippen molar-refractivity contribution in [3.8, 4) is 0 Å². The van der Waals surface area contributed by atoms with Crippen LogP contribution in [0.5, 0.6) is 0 Å². The Morgan fingerprint density at radius 1 is 1.43 bits per heavy atom. The van der Waals surface area contributed by atoms with Gasteiger partial charge in [-0.05, 0) is 24.8 Å². The summed E-state index contributed by atoms with van der Waals surface area (Å²) in [6.07, 6.45) is 4.33. The summed E-state index contributed by atoms with van der Waals surface area (Å²) in [5.74, 6) is 0.906. The average Bonchev–Trinajstić information content (AvgIpc) is 2.86. The summed E-state index contributed by atoms with van der Waals surface area (Å²) in [5, 5.41) is 9.32. The van der Waals surface area contributed by atoms with Crippen molar-refractivity contribution >= 4 is 23.7 Å². The van der Waals surface area contributed by atoms with Crippen LogP contribution in [0.25, 0.3) is 10.4 Å². The van der Waals surface area contributed by atoms with Crippen LogP contribution >= 0.6 is 11.8 Å². The Kier molecular flexibility index (Phi) is 8.45. The molecule has 0 aliphatic carbocycles. The van der Waals surface area contributed by atoms with Crippen molar-refractivity contribution in [1.82, 2.24) is 10.6 Å². The van der Waals surface area contributed by atoms with E-state index in [0.29, 0.717) is 18.2 Å². The van der Waals surface area contributed by atoms with Gasteiger partial charge >= 0.3 is 6.03 Å². The van der Waals surface area contributed by atoms with Gasteiger partial charge in [0.1, 0.15) is 0 Å². The molecule has 4 N–H and O–H groups in total. The van der Waals surface area contributed by atoms with Crippen molar-refractivity contribution in [2.45, 2.75) is 43.4 Å². The highest BCUT2D eigenvalue weighted by molar-refractivity contribution is 8.00. The fourth-order valence-electron chi connectivity index (χ4n) is 2.24. The lowest BCUT2D eigenvalue weighted by atomic mass is 10.1. The van der Waals surface area contributed by atoms with Crippen LogP contribution in [0.3, 0.4) is 0 Å². The van der Waals surface area contributed by atoms with Gasteiger partial charge in [-0.25, -0.2) is 4.79 Å². The molecular formula is C12H22N6O2S. The molecular weight excluding hydrogens is 292 g/mol. The molecule has 0 radical (unpaired) electrons. The number of nitrogens with one attached hydrogen (secondary N) is 2. The standard InChI is InChI=1S/C12H22N6O2S/c13-12(20)17-9-7-10(21-8-9)3-1-2-4-11(19)15-5-6-16-18-14/h9-10H,1-8H2,(H,15,19)(H3,13,17,20)/t9-,10+/m1/s1. The van der Waals surface area contributed by atoms with Gasteiger partial charge in [-0.15, -0.1) is 0 Å². The topological polar surface area (TPSA) is 133 Å². The zero-order valence-corrected chi connectivity index (χ0v) is 12.8. The Morgan fingerprint density at radius 3 is 2.95 bits per heavy atom. The van der Waals surface area contributed by atoms with Gasteiger partial charge in [0, 0.05) is 41.5 Å². The summed E-state index contributed by atoms with van der Waals surface area (Å²) in [6, 6.07) is -0.278. The maximum absolute atomic E-state index is 11.5. The Morgan fingerprint density at radius 2 is 2.24 bits per heavy atom. The number of rotatable bonds is 9. The van der Waals surface area contributed by atoms with Gasteiger partial charge in [0.05, 0.1) is 0 Å². The minimum Gasteiger partial charge on any atom is -0.356 e. The number of nitrogens with zero attached hydrogens (tertiary/aromatic N) is 3. The van der Waals surface area contributed by atoms with Gasteiger partial charge in [0.15, 0.2) is 0 Å². The molecule has 1 aliphatic heterocycles. The van der Waals surface area contributed by atoms with Crippen molar-refractivity contribution in [2.75, 3.05) is 18.8 Å². The molecule has 0 unspecified atom stereocenters. The number of nitrogens with two attached hydrogens (primary N) is 1. The van der Waals surface area contributed by atoms with Gasteiger partial charge < -0.3 is 16.4 Å². The summed E-state index contributed by atoms with van der Waals surface area (Å²) in [7, 11) is 0. The second-order valence-corrected chi connectivity index (χ2v) is 6.28. The minimum absolute atomic E-state index is 0.00418. The highest BCUT2D eigenvalue weighted by Gasteiger charge is 2.25. The summed E-state index contributed by atoms with van der Waals surface area (Å²) in [4.78, 5) is 24.8. The third-order valence-corrected chi connectivity index (χ3v) is 4.70. The molecule has 0 aromatic rings. The SMILES string of the molecule is [N-]=[N+]=NCCNC(=O)CCCC[C@H]1C[C@@H](NC(N)=O)CS1. The number of primary amides is 1. The molecule has 1 heterocycles. The molecule has 0 bridgehead atoms. The molecule has 0 spiro atoms. The minimum atomic E-state index is -0.460. The predicted octanol–water partition coefficient (Wildman–Crippen LogP) is 1.52. The molecule has 1 fully saturated rings. The van der Waals surface area contributed by atoms with E-state index in [1.807, 2.05) is 11.8 Å². The molecule has 3 amide bonds. The molecule has 1 saturated heterocycles. The second-order valence-electron chi connectivity index (χ2n) is 4.95. The number of azide groups is 1. The maximum atomic E-state index is 11.5. The maximum Gasteiger partial charge on any atom is 0.312 e. The molecule has 2 atom stereocenters. The van der Waals surface area contributed by atoms with Crippen molar-refractivity contribution in [2.24, 2.45) is 10.8 Å². The molecule has 1 rings (SSSR count). The highest BCUT2D eigenvalue weighted by Crippen LogP contribution is 2.30. The first kappa shape index (κ1) is 17.5. The van der Waals surface area contributed by atoms with Crippen molar-refractivity contribution in [3.05, 3.63) is 10.4 Å². The fourth-order valence-corrected chi connectivity index (χ4v) is 3.67. The van der Waals surface area contributed by atoms with E-state index in [-0.39, 0.29) is 18.5 Å². The Bertz CT molecular complexity index is 399. The molecule has 21 heavy (non-hydrogen) atoms. The highest BCUT2D eigenvalue weighted by atomic mass is 32.2. The number of urea groups is 1. The number of amides is 3. The average molecular weight is 314 g/mol. The third-order valence-electron chi connectivity index (χ3n) is 3.20. The van der Waals surface area contributed by atoms with Gasteiger partial charge in [-0.1, -0.05) is 11.5 Å². The zero-order chi connectivity index (χ0) is 15.5. The number of hydrogen-bond acceptors (Lipinski definition) is 4. The van der Waals surface area contributed by atoms with Crippen LogP contribution in [0.4, 0.5) is 4.79 Å². The van der Waals surface area contributed by atoms with Gasteiger partial charge in [-0.2, -0.15) is 11.8 Å². The van der Waals surface area contributed by atoms with Crippen LogP contribution in [-0.4, -0.2) is 42.1 Å². The quantitative estimate of drug-likeness (QED) is 0.258. The second kappa shape index (κ2) is 10.2. The fraction of sp³-hybridized carbons (Fsp3) is 0.833. The number of unbranched alkanes of at least 4 members (excludes halogenated alkanes) is 1. The van der Waals surface area contributed by atoms with Crippen LogP contribution in [0, 0.1) is 0 Å². The third kappa shape index (κ3) is 8.31. The summed E-state index contributed by atoms with van der Waals surface area (Å²) >= 11 is 1.85. The summed E-state index contributed by atoms with van der Waals surface area (Å²) in [6.45, 7) is 0.678. The van der Waals surface area contributed by atoms with Gasteiger partial charge in [0.25, 0.3) is 0 Å². The van der Waals surface area contributed by atoms with E-state index < -0.39 is 6.03 Å². The van der Waals surface area contributed by atoms with E-state index in [0.717, 1.165) is 31.4 Å². The lowest BCUT2D eigenvalue weighted by Crippen LogP contribution is -2.38. The lowest BCUT2D eigenvalue weighted by molar-refractivity contribution is -0.121. The molecule has 1 aliphatic rings. The summed E-state index contributed by atoms with van der Waals surface area (Å²) in [5.41, 5.74) is 13.2. The molecule has 9 heteroatoms. The van der Waals surface area contributed by atoms with Crippen molar-refractivity contribution in [3.63, 3.8) is 0 Å². The van der Waals surface area contributed by atoms with Crippen LogP contribution in [0.15, 0.2) is 5.11 Å². The van der Waals surface area contributed by atoms with Crippen LogP contribution in [0.2, 0.25) is 0 Å². The van der Waals surface area contributed by atoms with Crippen LogP contribution < -0.4 is 16.4 Å². The van der Waals surface area contributed by atoms with E-state index in [9.17, 15) is 9.59 Å². The number of hydrogen-bond donors (Lipinski definition) is 3. The van der Waals surface area contributed by atoms with Crippen LogP contribution in [0.1, 0.15) is 32.1 Å². The van der Waals surface area contributed by atoms with Crippen molar-refractivity contribution < 1.29 is 9.59 Å². The van der Waals surface area contributed by atoms with Gasteiger partial charge in [-0.3, -0.25) is 4.79 Å². The first-order chi connectivity index (χ1) is 10.1. The first-order valence-corrected chi connectivity index (χ1v) is 8.12. The largest absolute Gasteiger partial charge is 0.356 e. The molecule has 8 nitrogen and oxygen atoms in total. The van der Waals surface area contributed by atoms with E-state index in [2.05, 4.69) is 20.7 Å². The molecule has 0 aromatic carbocycles.